The highest BCUT2D eigenvalue weighted by Gasteiger charge is 2.31. The SMILES string of the molecule is Nc1cc(C(=O)N2CC(=O)NC(=O)C2)c([N+](=O)[O-])cn1. The van der Waals surface area contributed by atoms with Crippen molar-refractivity contribution in [2.24, 2.45) is 0 Å². The Morgan fingerprint density at radius 3 is 2.55 bits per heavy atom. The van der Waals surface area contributed by atoms with Gasteiger partial charge in [0.1, 0.15) is 30.7 Å². The molecule has 0 atom stereocenters. The number of amides is 3. The third kappa shape index (κ3) is 2.53. The van der Waals surface area contributed by atoms with Crippen LogP contribution in [0.25, 0.3) is 0 Å². The van der Waals surface area contributed by atoms with E-state index in [1.165, 1.54) is 0 Å². The van der Waals surface area contributed by atoms with Gasteiger partial charge in [0.25, 0.3) is 11.6 Å². The fourth-order valence-electron chi connectivity index (χ4n) is 1.73. The van der Waals surface area contributed by atoms with Gasteiger partial charge < -0.3 is 10.6 Å². The summed E-state index contributed by atoms with van der Waals surface area (Å²) in [4.78, 5) is 49.1. The van der Waals surface area contributed by atoms with Gasteiger partial charge in [0.05, 0.1) is 4.92 Å². The van der Waals surface area contributed by atoms with Gasteiger partial charge in [-0.3, -0.25) is 29.8 Å². The summed E-state index contributed by atoms with van der Waals surface area (Å²) in [7, 11) is 0. The lowest BCUT2D eigenvalue weighted by Crippen LogP contribution is -2.53. The van der Waals surface area contributed by atoms with Gasteiger partial charge in [-0.05, 0) is 6.07 Å². The van der Waals surface area contributed by atoms with Gasteiger partial charge in [-0.1, -0.05) is 0 Å². The fourth-order valence-corrected chi connectivity index (χ4v) is 1.73. The van der Waals surface area contributed by atoms with Crippen LogP contribution in [0.15, 0.2) is 12.3 Å². The van der Waals surface area contributed by atoms with E-state index in [2.05, 4.69) is 4.98 Å². The normalized spacial score (nSPS) is 14.9. The molecule has 0 unspecified atom stereocenters. The van der Waals surface area contributed by atoms with Gasteiger partial charge in [0.2, 0.25) is 11.8 Å². The number of rotatable bonds is 2. The van der Waals surface area contributed by atoms with Crippen molar-refractivity contribution in [3.8, 4) is 0 Å². The van der Waals surface area contributed by atoms with Crippen LogP contribution in [0.2, 0.25) is 0 Å². The zero-order valence-corrected chi connectivity index (χ0v) is 10.0. The van der Waals surface area contributed by atoms with E-state index in [1.54, 1.807) is 0 Å². The maximum Gasteiger partial charge on any atom is 0.300 e. The number of nitrogens with zero attached hydrogens (tertiary/aromatic N) is 3. The number of anilines is 1. The molecule has 1 aromatic rings. The molecule has 10 nitrogen and oxygen atoms in total. The molecule has 0 saturated carbocycles. The Morgan fingerprint density at radius 2 is 2.00 bits per heavy atom. The van der Waals surface area contributed by atoms with Crippen LogP contribution in [0.3, 0.4) is 0 Å². The molecule has 0 radical (unpaired) electrons. The van der Waals surface area contributed by atoms with Crippen LogP contribution in [-0.4, -0.2) is 45.6 Å². The van der Waals surface area contributed by atoms with E-state index in [4.69, 9.17) is 5.73 Å². The predicted molar refractivity (Wildman–Crippen MR) is 64.4 cm³/mol. The van der Waals surface area contributed by atoms with Gasteiger partial charge in [-0.15, -0.1) is 0 Å². The second-order valence-electron chi connectivity index (χ2n) is 4.02. The maximum absolute atomic E-state index is 12.2. The summed E-state index contributed by atoms with van der Waals surface area (Å²) in [5.74, 6) is -2.21. The van der Waals surface area contributed by atoms with Crippen LogP contribution < -0.4 is 11.1 Å². The number of hydrogen-bond acceptors (Lipinski definition) is 7. The highest BCUT2D eigenvalue weighted by atomic mass is 16.6. The van der Waals surface area contributed by atoms with E-state index in [0.29, 0.717) is 0 Å². The quantitative estimate of drug-likeness (QED) is 0.387. The molecule has 2 heterocycles. The number of nitrogen functional groups attached to an aromatic ring is 1. The number of nitro groups is 1. The molecule has 1 saturated heterocycles. The first-order valence-corrected chi connectivity index (χ1v) is 5.40. The first-order valence-electron chi connectivity index (χ1n) is 5.40. The number of hydrogen-bond donors (Lipinski definition) is 2. The molecule has 1 fully saturated rings. The van der Waals surface area contributed by atoms with Gasteiger partial charge >= 0.3 is 0 Å². The molecule has 1 aromatic heterocycles. The van der Waals surface area contributed by atoms with Crippen molar-refractivity contribution < 1.29 is 19.3 Å². The van der Waals surface area contributed by atoms with Crippen molar-refractivity contribution in [2.75, 3.05) is 18.8 Å². The molecule has 3 amide bonds. The lowest BCUT2D eigenvalue weighted by Gasteiger charge is -2.25. The van der Waals surface area contributed by atoms with E-state index >= 15 is 0 Å². The summed E-state index contributed by atoms with van der Waals surface area (Å²) in [6.45, 7) is -0.714. The number of nitrogens with one attached hydrogen (secondary N) is 1. The number of aromatic nitrogens is 1. The Morgan fingerprint density at radius 1 is 1.40 bits per heavy atom. The second kappa shape index (κ2) is 4.91. The topological polar surface area (TPSA) is 149 Å². The molecule has 0 aliphatic carbocycles. The minimum Gasteiger partial charge on any atom is -0.384 e. The first-order chi connectivity index (χ1) is 9.38. The molecular weight excluding hydrogens is 270 g/mol. The fraction of sp³-hybridized carbons (Fsp3) is 0.200. The van der Waals surface area contributed by atoms with Gasteiger partial charge in [-0.2, -0.15) is 0 Å². The Kier molecular flexibility index (Phi) is 3.29. The average Bonchev–Trinajstić information content (AvgIpc) is 2.36. The third-order valence-electron chi connectivity index (χ3n) is 2.57. The minimum absolute atomic E-state index is 0.0771. The Balaban J connectivity index is 2.37. The van der Waals surface area contributed by atoms with Crippen molar-refractivity contribution in [3.63, 3.8) is 0 Å². The van der Waals surface area contributed by atoms with Crippen molar-refractivity contribution in [2.45, 2.75) is 0 Å². The largest absolute Gasteiger partial charge is 0.384 e. The summed E-state index contributed by atoms with van der Waals surface area (Å²) in [5.41, 5.74) is 4.54. The van der Waals surface area contributed by atoms with Crippen molar-refractivity contribution in [1.29, 1.82) is 0 Å². The molecule has 1 aliphatic heterocycles. The van der Waals surface area contributed by atoms with Crippen LogP contribution in [0, 0.1) is 10.1 Å². The molecule has 2 rings (SSSR count). The van der Waals surface area contributed by atoms with Gasteiger partial charge in [0.15, 0.2) is 0 Å². The van der Waals surface area contributed by atoms with Crippen LogP contribution >= 0.6 is 0 Å². The molecule has 3 N–H and O–H groups in total. The van der Waals surface area contributed by atoms with E-state index in [1.807, 2.05) is 5.32 Å². The maximum atomic E-state index is 12.2. The number of carbonyl (C=O) groups is 3. The van der Waals surface area contributed by atoms with Crippen molar-refractivity contribution in [1.82, 2.24) is 15.2 Å². The number of carbonyl (C=O) groups excluding carboxylic acids is 3. The Hall–Kier alpha value is -3.04. The number of nitrogens with two attached hydrogens (primary N) is 1. The van der Waals surface area contributed by atoms with Crippen LogP contribution in [0.1, 0.15) is 10.4 Å². The Labute approximate surface area is 111 Å². The zero-order valence-electron chi connectivity index (χ0n) is 10.0. The Bertz CT molecular complexity index is 612. The first kappa shape index (κ1) is 13.4. The molecule has 20 heavy (non-hydrogen) atoms. The molecule has 104 valence electrons. The molecule has 0 bridgehead atoms. The van der Waals surface area contributed by atoms with Gasteiger partial charge in [-0.25, -0.2) is 4.98 Å². The number of imide groups is 1. The van der Waals surface area contributed by atoms with Crippen LogP contribution in [-0.2, 0) is 9.59 Å². The second-order valence-corrected chi connectivity index (χ2v) is 4.02. The van der Waals surface area contributed by atoms with Crippen molar-refractivity contribution in [3.05, 3.63) is 27.9 Å². The van der Waals surface area contributed by atoms with E-state index < -0.39 is 28.3 Å². The van der Waals surface area contributed by atoms with E-state index in [9.17, 15) is 24.5 Å². The van der Waals surface area contributed by atoms with E-state index in [0.717, 1.165) is 17.2 Å². The van der Waals surface area contributed by atoms with E-state index in [-0.39, 0.29) is 24.5 Å². The summed E-state index contributed by atoms with van der Waals surface area (Å²) in [6, 6.07) is 1.04. The predicted octanol–water partition coefficient (Wildman–Crippen LogP) is -1.33. The highest BCUT2D eigenvalue weighted by molar-refractivity contribution is 6.07. The monoisotopic (exact) mass is 279 g/mol. The summed E-state index contributed by atoms with van der Waals surface area (Å²) >= 11 is 0. The van der Waals surface area contributed by atoms with Crippen LogP contribution in [0.4, 0.5) is 11.5 Å². The lowest BCUT2D eigenvalue weighted by atomic mass is 10.1. The standard InChI is InChI=1S/C10H9N5O5/c11-7-1-5(6(2-12-7)15(19)20)10(18)14-3-8(16)13-9(17)4-14/h1-2H,3-4H2,(H2,11,12)(H,13,16,17). The molecule has 1 aliphatic rings. The molecular formula is C10H9N5O5. The lowest BCUT2D eigenvalue weighted by molar-refractivity contribution is -0.385. The number of piperazine rings is 1. The molecule has 10 heteroatoms. The smallest absolute Gasteiger partial charge is 0.300 e. The minimum atomic E-state index is -0.825. The summed E-state index contributed by atoms with van der Waals surface area (Å²) < 4.78 is 0. The number of pyridine rings is 1. The third-order valence-corrected chi connectivity index (χ3v) is 2.57. The summed E-state index contributed by atoms with van der Waals surface area (Å²) in [6.07, 6.45) is 0.856. The van der Waals surface area contributed by atoms with Crippen molar-refractivity contribution >= 4 is 29.2 Å². The molecule has 0 spiro atoms. The highest BCUT2D eigenvalue weighted by Crippen LogP contribution is 2.21. The summed E-state index contributed by atoms with van der Waals surface area (Å²) in [5, 5.41) is 12.9. The van der Waals surface area contributed by atoms with Crippen LogP contribution in [0.5, 0.6) is 0 Å². The zero-order chi connectivity index (χ0) is 14.9. The average molecular weight is 279 g/mol. The van der Waals surface area contributed by atoms with Gasteiger partial charge in [0, 0.05) is 0 Å². The molecule has 0 aromatic carbocycles.